The fourth-order valence-electron chi connectivity index (χ4n) is 3.31. The number of benzene rings is 2. The first-order valence-corrected chi connectivity index (χ1v) is 9.90. The molecule has 0 radical (unpaired) electrons. The van der Waals surface area contributed by atoms with E-state index < -0.39 is 23.9 Å². The van der Waals surface area contributed by atoms with Crippen LogP contribution in [0.5, 0.6) is 5.75 Å². The average Bonchev–Trinajstić information content (AvgIpc) is 2.74. The number of ether oxygens (including phenoxy) is 2. The molecule has 2 N–H and O–H groups in total. The number of para-hydroxylation sites is 2. The maximum atomic E-state index is 12.4. The van der Waals surface area contributed by atoms with E-state index in [4.69, 9.17) is 9.47 Å². The molecule has 7 nitrogen and oxygen atoms in total. The molecule has 0 saturated carbocycles. The summed E-state index contributed by atoms with van der Waals surface area (Å²) in [5, 5.41) is 5.30. The molecule has 2 aromatic carbocycles. The summed E-state index contributed by atoms with van der Waals surface area (Å²) >= 11 is 0. The van der Waals surface area contributed by atoms with E-state index in [1.54, 1.807) is 0 Å². The van der Waals surface area contributed by atoms with Crippen molar-refractivity contribution in [3.05, 3.63) is 59.2 Å². The highest BCUT2D eigenvalue weighted by molar-refractivity contribution is 5.96. The maximum absolute atomic E-state index is 12.4. The van der Waals surface area contributed by atoms with Crippen LogP contribution in [0, 0.1) is 19.8 Å². The molecular formula is C23H26N2O5. The summed E-state index contributed by atoms with van der Waals surface area (Å²) in [4.78, 5) is 36.8. The van der Waals surface area contributed by atoms with Crippen molar-refractivity contribution in [2.45, 2.75) is 33.3 Å². The number of aryl methyl sites for hydroxylation is 2. The third-order valence-corrected chi connectivity index (χ3v) is 5.04. The van der Waals surface area contributed by atoms with Gasteiger partial charge in [0.05, 0.1) is 12.5 Å². The molecule has 1 aliphatic rings. The number of nitrogens with one attached hydrogen (secondary N) is 2. The van der Waals surface area contributed by atoms with Crippen molar-refractivity contribution in [2.75, 3.05) is 18.5 Å². The largest absolute Gasteiger partial charge is 0.492 e. The molecule has 2 unspecified atom stereocenters. The Hall–Kier alpha value is -3.35. The lowest BCUT2D eigenvalue weighted by Crippen LogP contribution is -2.41. The molecule has 7 heteroatoms. The molecule has 1 heterocycles. The Kier molecular flexibility index (Phi) is 6.72. The molecule has 0 spiro atoms. The van der Waals surface area contributed by atoms with Crippen LogP contribution in [0.4, 0.5) is 5.69 Å². The van der Waals surface area contributed by atoms with Gasteiger partial charge in [-0.2, -0.15) is 0 Å². The molecule has 0 aliphatic carbocycles. The van der Waals surface area contributed by atoms with E-state index in [9.17, 15) is 14.4 Å². The van der Waals surface area contributed by atoms with E-state index in [1.807, 2.05) is 56.3 Å². The van der Waals surface area contributed by atoms with E-state index in [2.05, 4.69) is 10.6 Å². The van der Waals surface area contributed by atoms with Gasteiger partial charge in [-0.15, -0.1) is 0 Å². The molecular weight excluding hydrogens is 384 g/mol. The van der Waals surface area contributed by atoms with Gasteiger partial charge in [0.25, 0.3) is 5.91 Å². The van der Waals surface area contributed by atoms with Crippen LogP contribution in [0.3, 0.4) is 0 Å². The zero-order chi connectivity index (χ0) is 21.7. The van der Waals surface area contributed by atoms with E-state index in [0.717, 1.165) is 28.1 Å². The van der Waals surface area contributed by atoms with Gasteiger partial charge in [0.2, 0.25) is 5.91 Å². The fourth-order valence-corrected chi connectivity index (χ4v) is 3.31. The lowest BCUT2D eigenvalue weighted by Gasteiger charge is -2.25. The van der Waals surface area contributed by atoms with E-state index in [0.29, 0.717) is 6.42 Å². The highest BCUT2D eigenvalue weighted by Crippen LogP contribution is 2.27. The molecule has 2 aromatic rings. The third kappa shape index (κ3) is 5.17. The molecule has 158 valence electrons. The fraction of sp³-hybridized carbons (Fsp3) is 0.348. The lowest BCUT2D eigenvalue weighted by molar-refractivity contribution is -0.160. The third-order valence-electron chi connectivity index (χ3n) is 5.04. The number of carbonyl (C=O) groups is 3. The molecule has 30 heavy (non-hydrogen) atoms. The normalized spacial score (nSPS) is 15.9. The van der Waals surface area contributed by atoms with Crippen molar-refractivity contribution in [1.29, 1.82) is 0 Å². The number of hydrogen-bond donors (Lipinski definition) is 2. The summed E-state index contributed by atoms with van der Waals surface area (Å²) in [6.07, 6.45) is -0.510. The van der Waals surface area contributed by atoms with E-state index in [-0.39, 0.29) is 19.1 Å². The summed E-state index contributed by atoms with van der Waals surface area (Å²) in [5.41, 5.74) is 3.54. The van der Waals surface area contributed by atoms with Crippen molar-refractivity contribution >= 4 is 23.5 Å². The second kappa shape index (κ2) is 9.43. The first kappa shape index (κ1) is 21.4. The topological polar surface area (TPSA) is 93.7 Å². The van der Waals surface area contributed by atoms with Gasteiger partial charge in [0.15, 0.2) is 6.10 Å². The van der Waals surface area contributed by atoms with Crippen molar-refractivity contribution in [2.24, 2.45) is 5.92 Å². The van der Waals surface area contributed by atoms with Gasteiger partial charge < -0.3 is 20.1 Å². The van der Waals surface area contributed by atoms with E-state index >= 15 is 0 Å². The highest BCUT2D eigenvalue weighted by atomic mass is 16.6. The monoisotopic (exact) mass is 410 g/mol. The van der Waals surface area contributed by atoms with Gasteiger partial charge >= 0.3 is 5.97 Å². The molecule has 0 bridgehead atoms. The van der Waals surface area contributed by atoms with Gasteiger partial charge in [0.1, 0.15) is 12.4 Å². The van der Waals surface area contributed by atoms with Gasteiger partial charge in [-0.3, -0.25) is 14.4 Å². The minimum atomic E-state index is -1.01. The number of anilines is 1. The van der Waals surface area contributed by atoms with Crippen LogP contribution < -0.4 is 15.4 Å². The molecule has 0 aromatic heterocycles. The Balaban J connectivity index is 1.46. The number of carbonyl (C=O) groups excluding carboxylic acids is 3. The minimum absolute atomic E-state index is 0.211. The Morgan fingerprint density at radius 2 is 1.80 bits per heavy atom. The second-order valence-electron chi connectivity index (χ2n) is 7.43. The summed E-state index contributed by atoms with van der Waals surface area (Å²) < 4.78 is 10.9. The summed E-state index contributed by atoms with van der Waals surface area (Å²) in [6.45, 7) is 5.28. The lowest BCUT2D eigenvalue weighted by atomic mass is 9.97. The number of hydrogen-bond acceptors (Lipinski definition) is 5. The second-order valence-corrected chi connectivity index (χ2v) is 7.43. The standard InChI is InChI=1S/C23H26N2O5/c1-14-7-6-8-15(2)21(14)25-20(26)12-24-22(27)16(3)30-23(28)18-11-17-9-4-5-10-19(17)29-13-18/h4-10,16,18H,11-13H2,1-3H3,(H,24,27)(H,25,26). The Morgan fingerprint density at radius 3 is 2.53 bits per heavy atom. The van der Waals surface area contributed by atoms with Crippen LogP contribution in [-0.2, 0) is 25.5 Å². The highest BCUT2D eigenvalue weighted by Gasteiger charge is 2.29. The zero-order valence-electron chi connectivity index (χ0n) is 17.4. The van der Waals surface area contributed by atoms with Gasteiger partial charge in [-0.25, -0.2) is 0 Å². The predicted octanol–water partition coefficient (Wildman–Crippen LogP) is 2.54. The summed E-state index contributed by atoms with van der Waals surface area (Å²) in [7, 11) is 0. The van der Waals surface area contributed by atoms with Crippen LogP contribution in [0.1, 0.15) is 23.6 Å². The average molecular weight is 410 g/mol. The van der Waals surface area contributed by atoms with Crippen molar-refractivity contribution in [3.63, 3.8) is 0 Å². The van der Waals surface area contributed by atoms with Crippen LogP contribution in [0.15, 0.2) is 42.5 Å². The smallest absolute Gasteiger partial charge is 0.313 e. The molecule has 0 fully saturated rings. The van der Waals surface area contributed by atoms with Crippen LogP contribution in [0.25, 0.3) is 0 Å². The van der Waals surface area contributed by atoms with Gasteiger partial charge in [-0.05, 0) is 49.9 Å². The Morgan fingerprint density at radius 1 is 1.10 bits per heavy atom. The van der Waals surface area contributed by atoms with Crippen LogP contribution in [0.2, 0.25) is 0 Å². The van der Waals surface area contributed by atoms with Crippen LogP contribution in [-0.4, -0.2) is 37.0 Å². The quantitative estimate of drug-likeness (QED) is 0.714. The number of amides is 2. The summed E-state index contributed by atoms with van der Waals surface area (Å²) in [6, 6.07) is 13.2. The zero-order valence-corrected chi connectivity index (χ0v) is 17.4. The molecule has 0 saturated heterocycles. The molecule has 2 atom stereocenters. The van der Waals surface area contributed by atoms with Crippen molar-refractivity contribution < 1.29 is 23.9 Å². The first-order chi connectivity index (χ1) is 14.3. The van der Waals surface area contributed by atoms with Crippen LogP contribution >= 0.6 is 0 Å². The number of fused-ring (bicyclic) bond motifs is 1. The van der Waals surface area contributed by atoms with Gasteiger partial charge in [-0.1, -0.05) is 36.4 Å². The van der Waals surface area contributed by atoms with Gasteiger partial charge in [0, 0.05) is 5.69 Å². The molecule has 2 amide bonds. The van der Waals surface area contributed by atoms with E-state index in [1.165, 1.54) is 6.92 Å². The maximum Gasteiger partial charge on any atom is 0.313 e. The number of esters is 1. The van der Waals surface area contributed by atoms with Crippen molar-refractivity contribution in [1.82, 2.24) is 5.32 Å². The first-order valence-electron chi connectivity index (χ1n) is 9.90. The van der Waals surface area contributed by atoms with Crippen molar-refractivity contribution in [3.8, 4) is 5.75 Å². The minimum Gasteiger partial charge on any atom is -0.492 e. The molecule has 3 rings (SSSR count). The number of rotatable bonds is 6. The SMILES string of the molecule is Cc1cccc(C)c1NC(=O)CNC(=O)C(C)OC(=O)C1COc2ccccc2C1. The Labute approximate surface area is 175 Å². The predicted molar refractivity (Wildman–Crippen MR) is 112 cm³/mol. The molecule has 1 aliphatic heterocycles. The summed E-state index contributed by atoms with van der Waals surface area (Å²) in [5.74, 6) is -1.08. The Bertz CT molecular complexity index is 936.